The first-order valence-electron chi connectivity index (χ1n) is 4.53. The van der Waals surface area contributed by atoms with Gasteiger partial charge in [-0.05, 0) is 18.6 Å². The number of carbonyl (C=O) groups excluding carboxylic acids is 1. The van der Waals surface area contributed by atoms with Crippen LogP contribution >= 0.6 is 0 Å². The van der Waals surface area contributed by atoms with Gasteiger partial charge in [0, 0.05) is 12.3 Å². The van der Waals surface area contributed by atoms with Crippen LogP contribution in [0.4, 0.5) is 0 Å². The number of aryl methyl sites for hydroxylation is 1. The Labute approximate surface area is 91.3 Å². The fraction of sp³-hybridized carbons (Fsp3) is 0.0909. The number of pyridine rings is 1. The standard InChI is InChI=1S/C11H7N3O2/c1-7-2-10(13-5-8(7)4-12)11-3-9(6-15)16-14-11/h2-3,5-6H,1H3. The first-order valence-corrected chi connectivity index (χ1v) is 4.53. The van der Waals surface area contributed by atoms with Gasteiger partial charge >= 0.3 is 0 Å². The Morgan fingerprint density at radius 1 is 1.44 bits per heavy atom. The van der Waals surface area contributed by atoms with Crippen LogP contribution in [-0.2, 0) is 0 Å². The molecule has 16 heavy (non-hydrogen) atoms. The zero-order valence-corrected chi connectivity index (χ0v) is 8.47. The molecular formula is C11H7N3O2. The van der Waals surface area contributed by atoms with Gasteiger partial charge in [-0.15, -0.1) is 0 Å². The quantitative estimate of drug-likeness (QED) is 0.709. The number of nitriles is 1. The molecule has 0 aliphatic carbocycles. The van der Waals surface area contributed by atoms with Gasteiger partial charge in [0.2, 0.25) is 0 Å². The van der Waals surface area contributed by atoms with Crippen LogP contribution in [0.15, 0.2) is 22.9 Å². The Morgan fingerprint density at radius 3 is 2.81 bits per heavy atom. The number of hydrogen-bond donors (Lipinski definition) is 0. The summed E-state index contributed by atoms with van der Waals surface area (Å²) < 4.78 is 4.74. The minimum absolute atomic E-state index is 0.152. The van der Waals surface area contributed by atoms with Crippen molar-refractivity contribution < 1.29 is 9.32 Å². The first kappa shape index (κ1) is 10.1. The van der Waals surface area contributed by atoms with Gasteiger partial charge in [0.1, 0.15) is 11.8 Å². The molecule has 0 fully saturated rings. The summed E-state index contributed by atoms with van der Waals surface area (Å²) in [4.78, 5) is 14.5. The SMILES string of the molecule is Cc1cc(-c2cc(C=O)on2)ncc1C#N. The average molecular weight is 213 g/mol. The minimum Gasteiger partial charge on any atom is -0.353 e. The monoisotopic (exact) mass is 213 g/mol. The molecule has 0 spiro atoms. The number of aromatic nitrogens is 2. The van der Waals surface area contributed by atoms with E-state index in [0.717, 1.165) is 5.56 Å². The van der Waals surface area contributed by atoms with Crippen LogP contribution in [0.25, 0.3) is 11.4 Å². The molecule has 0 bridgehead atoms. The van der Waals surface area contributed by atoms with E-state index in [-0.39, 0.29) is 5.76 Å². The minimum atomic E-state index is 0.152. The maximum Gasteiger partial charge on any atom is 0.199 e. The maximum absolute atomic E-state index is 10.4. The molecular weight excluding hydrogens is 206 g/mol. The van der Waals surface area contributed by atoms with Crippen LogP contribution in [0.2, 0.25) is 0 Å². The van der Waals surface area contributed by atoms with Crippen molar-refractivity contribution in [3.8, 4) is 17.5 Å². The third-order valence-electron chi connectivity index (χ3n) is 2.14. The van der Waals surface area contributed by atoms with Gasteiger partial charge in [0.05, 0.1) is 11.3 Å². The highest BCUT2D eigenvalue weighted by Crippen LogP contribution is 2.18. The van der Waals surface area contributed by atoms with Gasteiger partial charge in [-0.2, -0.15) is 5.26 Å². The summed E-state index contributed by atoms with van der Waals surface area (Å²) in [6, 6.07) is 5.26. The van der Waals surface area contributed by atoms with Crippen molar-refractivity contribution in [1.29, 1.82) is 5.26 Å². The van der Waals surface area contributed by atoms with Gasteiger partial charge < -0.3 is 4.52 Å². The summed E-state index contributed by atoms with van der Waals surface area (Å²) in [5.41, 5.74) is 2.38. The Balaban J connectivity index is 2.45. The topological polar surface area (TPSA) is 79.8 Å². The second-order valence-corrected chi connectivity index (χ2v) is 3.23. The molecule has 0 radical (unpaired) electrons. The molecule has 5 nitrogen and oxygen atoms in total. The molecule has 0 aliphatic heterocycles. The van der Waals surface area contributed by atoms with Crippen molar-refractivity contribution >= 4 is 6.29 Å². The van der Waals surface area contributed by atoms with Crippen molar-refractivity contribution in [3.05, 3.63) is 35.2 Å². The van der Waals surface area contributed by atoms with Gasteiger partial charge in [0.25, 0.3) is 0 Å². The van der Waals surface area contributed by atoms with Crippen LogP contribution < -0.4 is 0 Å². The molecule has 2 heterocycles. The fourth-order valence-corrected chi connectivity index (χ4v) is 1.28. The van der Waals surface area contributed by atoms with Crippen LogP contribution in [0, 0.1) is 18.3 Å². The second kappa shape index (κ2) is 3.95. The van der Waals surface area contributed by atoms with Crippen molar-refractivity contribution in [2.45, 2.75) is 6.92 Å². The Hall–Kier alpha value is -2.48. The molecule has 78 valence electrons. The maximum atomic E-state index is 10.4. The summed E-state index contributed by atoms with van der Waals surface area (Å²) in [6.45, 7) is 1.81. The molecule has 0 atom stereocenters. The normalized spacial score (nSPS) is 9.75. The zero-order chi connectivity index (χ0) is 11.5. The lowest BCUT2D eigenvalue weighted by Crippen LogP contribution is -1.88. The smallest absolute Gasteiger partial charge is 0.199 e. The Morgan fingerprint density at radius 2 is 2.25 bits per heavy atom. The molecule has 2 rings (SSSR count). The number of hydrogen-bond acceptors (Lipinski definition) is 5. The summed E-state index contributed by atoms with van der Waals surface area (Å²) in [5.74, 6) is 0.152. The van der Waals surface area contributed by atoms with E-state index < -0.39 is 0 Å². The molecule has 2 aromatic heterocycles. The number of carbonyl (C=O) groups is 1. The first-order chi connectivity index (χ1) is 7.74. The molecule has 0 aliphatic rings. The Bertz CT molecular complexity index is 581. The lowest BCUT2D eigenvalue weighted by molar-refractivity contribution is 0.109. The van der Waals surface area contributed by atoms with Gasteiger partial charge in [0.15, 0.2) is 12.0 Å². The van der Waals surface area contributed by atoms with Crippen molar-refractivity contribution in [2.24, 2.45) is 0 Å². The lowest BCUT2D eigenvalue weighted by Gasteiger charge is -1.98. The zero-order valence-electron chi connectivity index (χ0n) is 8.47. The van der Waals surface area contributed by atoms with E-state index in [0.29, 0.717) is 23.2 Å². The summed E-state index contributed by atoms with van der Waals surface area (Å²) in [7, 11) is 0. The van der Waals surface area contributed by atoms with Gasteiger partial charge in [-0.3, -0.25) is 9.78 Å². The highest BCUT2D eigenvalue weighted by molar-refractivity contribution is 5.73. The van der Waals surface area contributed by atoms with Gasteiger partial charge in [-0.25, -0.2) is 0 Å². The average Bonchev–Trinajstić information content (AvgIpc) is 2.77. The number of aldehydes is 1. The van der Waals surface area contributed by atoms with E-state index in [2.05, 4.69) is 10.1 Å². The van der Waals surface area contributed by atoms with E-state index in [1.165, 1.54) is 12.3 Å². The molecule has 0 saturated carbocycles. The van der Waals surface area contributed by atoms with Crippen molar-refractivity contribution in [2.75, 3.05) is 0 Å². The van der Waals surface area contributed by atoms with Crippen LogP contribution in [0.1, 0.15) is 21.7 Å². The summed E-state index contributed by atoms with van der Waals surface area (Å²) in [5, 5.41) is 12.5. The fourth-order valence-electron chi connectivity index (χ4n) is 1.28. The predicted molar refractivity (Wildman–Crippen MR) is 54.6 cm³/mol. The molecule has 0 aromatic carbocycles. The molecule has 0 N–H and O–H groups in total. The van der Waals surface area contributed by atoms with E-state index in [1.807, 2.05) is 13.0 Å². The van der Waals surface area contributed by atoms with Crippen LogP contribution in [-0.4, -0.2) is 16.4 Å². The Kier molecular flexibility index (Phi) is 2.48. The highest BCUT2D eigenvalue weighted by Gasteiger charge is 2.08. The van der Waals surface area contributed by atoms with E-state index in [4.69, 9.17) is 9.78 Å². The van der Waals surface area contributed by atoms with Gasteiger partial charge in [-0.1, -0.05) is 5.16 Å². The largest absolute Gasteiger partial charge is 0.353 e. The van der Waals surface area contributed by atoms with Crippen LogP contribution in [0.3, 0.4) is 0 Å². The molecule has 0 amide bonds. The number of rotatable bonds is 2. The molecule has 2 aromatic rings. The second-order valence-electron chi connectivity index (χ2n) is 3.23. The third kappa shape index (κ3) is 1.68. The molecule has 5 heteroatoms. The van der Waals surface area contributed by atoms with E-state index in [1.54, 1.807) is 6.07 Å². The highest BCUT2D eigenvalue weighted by atomic mass is 16.5. The predicted octanol–water partition coefficient (Wildman–Crippen LogP) is 1.73. The molecule has 0 saturated heterocycles. The summed E-state index contributed by atoms with van der Waals surface area (Å²) >= 11 is 0. The van der Waals surface area contributed by atoms with E-state index in [9.17, 15) is 4.79 Å². The lowest BCUT2D eigenvalue weighted by atomic mass is 10.1. The van der Waals surface area contributed by atoms with Crippen LogP contribution in [0.5, 0.6) is 0 Å². The van der Waals surface area contributed by atoms with Crippen molar-refractivity contribution in [1.82, 2.24) is 10.1 Å². The number of nitrogens with zero attached hydrogens (tertiary/aromatic N) is 3. The third-order valence-corrected chi connectivity index (χ3v) is 2.14. The molecule has 0 unspecified atom stereocenters. The van der Waals surface area contributed by atoms with Crippen molar-refractivity contribution in [3.63, 3.8) is 0 Å². The van der Waals surface area contributed by atoms with E-state index >= 15 is 0 Å². The summed E-state index contributed by atoms with van der Waals surface area (Å²) in [6.07, 6.45) is 2.05.